The van der Waals surface area contributed by atoms with E-state index in [9.17, 15) is 14.4 Å². The summed E-state index contributed by atoms with van der Waals surface area (Å²) in [5.74, 6) is -3.14. The molecule has 0 saturated heterocycles. The van der Waals surface area contributed by atoms with Gasteiger partial charge in [0.05, 0.1) is 6.61 Å². The Balaban J connectivity index is 4.34. The molecule has 98 valence electrons. The Labute approximate surface area is 108 Å². The van der Waals surface area contributed by atoms with E-state index in [-0.39, 0.29) is 12.5 Å². The molecule has 6 nitrogen and oxygen atoms in total. The van der Waals surface area contributed by atoms with E-state index in [0.29, 0.717) is 0 Å². The van der Waals surface area contributed by atoms with Crippen LogP contribution in [0.1, 0.15) is 6.92 Å². The van der Waals surface area contributed by atoms with Gasteiger partial charge >= 0.3 is 17.9 Å². The van der Waals surface area contributed by atoms with Gasteiger partial charge in [0.15, 0.2) is 0 Å². The van der Waals surface area contributed by atoms with E-state index in [4.69, 9.17) is 23.2 Å². The van der Waals surface area contributed by atoms with Gasteiger partial charge in [0, 0.05) is 0 Å². The first-order valence-electron chi connectivity index (χ1n) is 4.68. The fourth-order valence-electron chi connectivity index (χ4n) is 0.783. The molecule has 0 saturated carbocycles. The number of hydrogen-bond donors (Lipinski definition) is 0. The molecule has 0 spiro atoms. The standard InChI is InChI=1S/C9H12Cl2O6/c1-2-15-9(14)6(17-8(13)4-11)5-16-7(12)3-10/h6H,2-5H2,1H3/t6-/m1/s1. The molecule has 0 aromatic carbocycles. The number of ether oxygens (including phenoxy) is 3. The van der Waals surface area contributed by atoms with Crippen LogP contribution < -0.4 is 0 Å². The van der Waals surface area contributed by atoms with Crippen LogP contribution in [0.25, 0.3) is 0 Å². The quantitative estimate of drug-likeness (QED) is 0.385. The second kappa shape index (κ2) is 9.07. The lowest BCUT2D eigenvalue weighted by Gasteiger charge is -2.15. The number of hydrogen-bond acceptors (Lipinski definition) is 6. The molecule has 0 rings (SSSR count). The van der Waals surface area contributed by atoms with Gasteiger partial charge in [-0.05, 0) is 6.92 Å². The predicted molar refractivity (Wildman–Crippen MR) is 58.9 cm³/mol. The number of alkyl halides is 2. The highest BCUT2D eigenvalue weighted by molar-refractivity contribution is 6.26. The van der Waals surface area contributed by atoms with E-state index in [2.05, 4.69) is 14.2 Å². The Kier molecular flexibility index (Phi) is 8.53. The highest BCUT2D eigenvalue weighted by atomic mass is 35.5. The molecule has 0 aliphatic carbocycles. The summed E-state index contributed by atoms with van der Waals surface area (Å²) in [6.45, 7) is 1.24. The van der Waals surface area contributed by atoms with Crippen molar-refractivity contribution < 1.29 is 28.6 Å². The van der Waals surface area contributed by atoms with Crippen molar-refractivity contribution in [1.82, 2.24) is 0 Å². The second-order valence-corrected chi connectivity index (χ2v) is 3.22. The Hall–Kier alpha value is -1.01. The highest BCUT2D eigenvalue weighted by Crippen LogP contribution is 2.00. The van der Waals surface area contributed by atoms with Crippen molar-refractivity contribution in [2.45, 2.75) is 13.0 Å². The Bertz CT molecular complexity index is 281. The molecule has 0 aliphatic rings. The molecule has 0 radical (unpaired) electrons. The molecule has 0 aromatic heterocycles. The first-order chi connectivity index (χ1) is 8.04. The molecule has 8 heteroatoms. The van der Waals surface area contributed by atoms with Gasteiger partial charge < -0.3 is 14.2 Å². The van der Waals surface area contributed by atoms with E-state index in [0.717, 1.165) is 0 Å². The highest BCUT2D eigenvalue weighted by Gasteiger charge is 2.25. The zero-order valence-electron chi connectivity index (χ0n) is 9.11. The lowest BCUT2D eigenvalue weighted by Crippen LogP contribution is -2.35. The van der Waals surface area contributed by atoms with Gasteiger partial charge in [0.1, 0.15) is 18.4 Å². The normalized spacial score (nSPS) is 11.5. The molecule has 0 amide bonds. The molecule has 0 fully saturated rings. The largest absolute Gasteiger partial charge is 0.463 e. The van der Waals surface area contributed by atoms with Gasteiger partial charge in [-0.3, -0.25) is 9.59 Å². The van der Waals surface area contributed by atoms with Gasteiger partial charge in [0.25, 0.3) is 0 Å². The molecule has 0 bridgehead atoms. The summed E-state index contributed by atoms with van der Waals surface area (Å²) >= 11 is 10.4. The zero-order chi connectivity index (χ0) is 13.3. The van der Waals surface area contributed by atoms with Crippen LogP contribution in [0, 0.1) is 0 Å². The van der Waals surface area contributed by atoms with E-state index >= 15 is 0 Å². The van der Waals surface area contributed by atoms with Crippen molar-refractivity contribution in [3.8, 4) is 0 Å². The Morgan fingerprint density at radius 1 is 1.06 bits per heavy atom. The van der Waals surface area contributed by atoms with Gasteiger partial charge in [-0.25, -0.2) is 4.79 Å². The van der Waals surface area contributed by atoms with E-state index in [1.807, 2.05) is 0 Å². The third-order valence-corrected chi connectivity index (χ3v) is 1.87. The Morgan fingerprint density at radius 2 is 1.65 bits per heavy atom. The Morgan fingerprint density at radius 3 is 2.12 bits per heavy atom. The summed E-state index contributed by atoms with van der Waals surface area (Å²) in [4.78, 5) is 33.0. The fraction of sp³-hybridized carbons (Fsp3) is 0.667. The summed E-state index contributed by atoms with van der Waals surface area (Å²) in [5.41, 5.74) is 0. The minimum atomic E-state index is -1.33. The monoisotopic (exact) mass is 286 g/mol. The third kappa shape index (κ3) is 7.01. The maximum Gasteiger partial charge on any atom is 0.351 e. The number of rotatable bonds is 7. The summed E-state index contributed by atoms with van der Waals surface area (Å²) < 4.78 is 13.8. The average molecular weight is 287 g/mol. The maximum atomic E-state index is 11.3. The molecule has 0 N–H and O–H groups in total. The van der Waals surface area contributed by atoms with Gasteiger partial charge in [0.2, 0.25) is 6.10 Å². The summed E-state index contributed by atoms with van der Waals surface area (Å²) in [6.07, 6.45) is -1.33. The van der Waals surface area contributed by atoms with E-state index < -0.39 is 36.5 Å². The van der Waals surface area contributed by atoms with Gasteiger partial charge in [-0.1, -0.05) is 0 Å². The van der Waals surface area contributed by atoms with Crippen molar-refractivity contribution in [3.63, 3.8) is 0 Å². The summed E-state index contributed by atoms with van der Waals surface area (Å²) in [7, 11) is 0. The molecule has 0 unspecified atom stereocenters. The molecule has 0 heterocycles. The van der Waals surface area contributed by atoms with E-state index in [1.54, 1.807) is 6.92 Å². The van der Waals surface area contributed by atoms with Crippen LogP contribution in [0.5, 0.6) is 0 Å². The van der Waals surface area contributed by atoms with Crippen LogP contribution in [-0.4, -0.2) is 49.0 Å². The topological polar surface area (TPSA) is 78.9 Å². The summed E-state index contributed by atoms with van der Waals surface area (Å²) in [5, 5.41) is 0. The third-order valence-electron chi connectivity index (χ3n) is 1.44. The number of carbonyl (C=O) groups is 3. The fourth-order valence-corrected chi connectivity index (χ4v) is 0.923. The van der Waals surface area contributed by atoms with E-state index in [1.165, 1.54) is 0 Å². The van der Waals surface area contributed by atoms with Crippen LogP contribution >= 0.6 is 23.2 Å². The smallest absolute Gasteiger partial charge is 0.351 e. The first kappa shape index (κ1) is 16.0. The van der Waals surface area contributed by atoms with Crippen LogP contribution in [0.4, 0.5) is 0 Å². The number of halogens is 2. The zero-order valence-corrected chi connectivity index (χ0v) is 10.6. The number of esters is 3. The summed E-state index contributed by atoms with van der Waals surface area (Å²) in [6, 6.07) is 0. The van der Waals surface area contributed by atoms with Crippen LogP contribution in [0.15, 0.2) is 0 Å². The van der Waals surface area contributed by atoms with Crippen molar-refractivity contribution in [3.05, 3.63) is 0 Å². The average Bonchev–Trinajstić information content (AvgIpc) is 2.33. The minimum absolute atomic E-state index is 0.108. The van der Waals surface area contributed by atoms with Crippen molar-refractivity contribution in [2.75, 3.05) is 25.0 Å². The van der Waals surface area contributed by atoms with Crippen molar-refractivity contribution in [1.29, 1.82) is 0 Å². The number of carbonyl (C=O) groups excluding carboxylic acids is 3. The molecule has 1 atom stereocenters. The predicted octanol–water partition coefficient (Wildman–Crippen LogP) is 0.482. The molecule has 0 aliphatic heterocycles. The SMILES string of the molecule is CCOC(=O)[C@@H](COC(=O)CCl)OC(=O)CCl. The van der Waals surface area contributed by atoms with Crippen LogP contribution in [-0.2, 0) is 28.6 Å². The molecule has 0 aromatic rings. The molecular weight excluding hydrogens is 275 g/mol. The van der Waals surface area contributed by atoms with Crippen molar-refractivity contribution in [2.24, 2.45) is 0 Å². The minimum Gasteiger partial charge on any atom is -0.463 e. The lowest BCUT2D eigenvalue weighted by atomic mass is 10.4. The van der Waals surface area contributed by atoms with Crippen molar-refractivity contribution >= 4 is 41.1 Å². The first-order valence-corrected chi connectivity index (χ1v) is 5.75. The second-order valence-electron chi connectivity index (χ2n) is 2.68. The lowest BCUT2D eigenvalue weighted by molar-refractivity contribution is -0.172. The maximum absolute atomic E-state index is 11.3. The van der Waals surface area contributed by atoms with Gasteiger partial charge in [-0.2, -0.15) is 0 Å². The van der Waals surface area contributed by atoms with Crippen LogP contribution in [0.3, 0.4) is 0 Å². The van der Waals surface area contributed by atoms with Gasteiger partial charge in [-0.15, -0.1) is 23.2 Å². The molecular formula is C9H12Cl2O6. The molecule has 17 heavy (non-hydrogen) atoms. The van der Waals surface area contributed by atoms with Crippen LogP contribution in [0.2, 0.25) is 0 Å².